The first-order valence-corrected chi connectivity index (χ1v) is 8.36. The van der Waals surface area contributed by atoms with Gasteiger partial charge in [0.25, 0.3) is 0 Å². The topological polar surface area (TPSA) is 71.8 Å². The summed E-state index contributed by atoms with van der Waals surface area (Å²) in [6.07, 6.45) is 8.19. The molecule has 0 saturated heterocycles. The Kier molecular flexibility index (Phi) is 3.93. The van der Waals surface area contributed by atoms with Crippen LogP contribution in [0.4, 0.5) is 10.5 Å². The van der Waals surface area contributed by atoms with Crippen molar-refractivity contribution in [1.29, 1.82) is 0 Å². The molecule has 1 aromatic carbocycles. The van der Waals surface area contributed by atoms with Gasteiger partial charge in [0.1, 0.15) is 0 Å². The molecule has 1 aliphatic rings. The second-order valence-electron chi connectivity index (χ2n) is 6.24. The van der Waals surface area contributed by atoms with Crippen LogP contribution in [0.25, 0.3) is 5.82 Å². The Hall–Kier alpha value is -3.15. The molecule has 0 radical (unpaired) electrons. The summed E-state index contributed by atoms with van der Waals surface area (Å²) in [6.45, 7) is 0. The Bertz CT molecular complexity index is 839. The molecule has 126 valence electrons. The number of aromatic nitrogens is 3. The number of carbonyl (C=O) groups excluding carboxylic acids is 1. The standard InChI is InChI=1S/C19H19N5O/c25-18(23-19(10-4-11-19)15-6-2-1-3-7-15)22-16-8-9-17(20-14-16)24-13-5-12-21-24/h1-3,5-9,12-14H,4,10-11H2,(H2,22,23,25). The van der Waals surface area contributed by atoms with E-state index < -0.39 is 0 Å². The lowest BCUT2D eigenvalue weighted by Crippen LogP contribution is -2.52. The highest BCUT2D eigenvalue weighted by atomic mass is 16.2. The summed E-state index contributed by atoms with van der Waals surface area (Å²) in [5, 5.41) is 10.1. The minimum atomic E-state index is -0.256. The van der Waals surface area contributed by atoms with Crippen molar-refractivity contribution in [3.8, 4) is 5.82 Å². The lowest BCUT2D eigenvalue weighted by molar-refractivity contribution is 0.185. The van der Waals surface area contributed by atoms with E-state index in [0.29, 0.717) is 11.5 Å². The molecule has 3 aromatic rings. The van der Waals surface area contributed by atoms with Gasteiger partial charge in [-0.1, -0.05) is 30.3 Å². The van der Waals surface area contributed by atoms with Crippen LogP contribution in [0.15, 0.2) is 67.1 Å². The molecule has 0 bridgehead atoms. The average Bonchev–Trinajstić information content (AvgIpc) is 3.14. The molecule has 2 N–H and O–H groups in total. The van der Waals surface area contributed by atoms with Crippen molar-refractivity contribution in [1.82, 2.24) is 20.1 Å². The quantitative estimate of drug-likeness (QED) is 0.768. The van der Waals surface area contributed by atoms with E-state index >= 15 is 0 Å². The number of anilines is 1. The Balaban J connectivity index is 1.43. The molecule has 0 unspecified atom stereocenters. The van der Waals surface area contributed by atoms with Crippen LogP contribution in [0, 0.1) is 0 Å². The SMILES string of the molecule is O=C(Nc1ccc(-n2cccn2)nc1)NC1(c2ccccc2)CCC1. The van der Waals surface area contributed by atoms with Gasteiger partial charge >= 0.3 is 6.03 Å². The van der Waals surface area contributed by atoms with Gasteiger partial charge in [-0.3, -0.25) is 0 Å². The van der Waals surface area contributed by atoms with Gasteiger partial charge in [-0.15, -0.1) is 0 Å². The fourth-order valence-corrected chi connectivity index (χ4v) is 3.15. The van der Waals surface area contributed by atoms with Crippen LogP contribution in [-0.4, -0.2) is 20.8 Å². The van der Waals surface area contributed by atoms with E-state index in [4.69, 9.17) is 0 Å². The van der Waals surface area contributed by atoms with Gasteiger partial charge in [0.05, 0.1) is 17.4 Å². The van der Waals surface area contributed by atoms with Crippen molar-refractivity contribution in [3.05, 3.63) is 72.7 Å². The summed E-state index contributed by atoms with van der Waals surface area (Å²) in [4.78, 5) is 16.8. The number of benzene rings is 1. The van der Waals surface area contributed by atoms with E-state index in [2.05, 4.69) is 32.8 Å². The fourth-order valence-electron chi connectivity index (χ4n) is 3.15. The van der Waals surface area contributed by atoms with Crippen LogP contribution in [0.3, 0.4) is 0 Å². The lowest BCUT2D eigenvalue weighted by atomic mass is 9.72. The van der Waals surface area contributed by atoms with Gasteiger partial charge in [0.15, 0.2) is 5.82 Å². The minimum absolute atomic E-state index is 0.211. The summed E-state index contributed by atoms with van der Waals surface area (Å²) < 4.78 is 1.67. The van der Waals surface area contributed by atoms with E-state index in [1.165, 1.54) is 0 Å². The first-order valence-electron chi connectivity index (χ1n) is 8.36. The second kappa shape index (κ2) is 6.39. The Morgan fingerprint density at radius 2 is 1.92 bits per heavy atom. The lowest BCUT2D eigenvalue weighted by Gasteiger charge is -2.43. The van der Waals surface area contributed by atoms with Gasteiger partial charge in [-0.05, 0) is 43.0 Å². The fraction of sp³-hybridized carbons (Fsp3) is 0.211. The third kappa shape index (κ3) is 3.10. The summed E-state index contributed by atoms with van der Waals surface area (Å²) in [5.74, 6) is 0.704. The third-order valence-corrected chi connectivity index (χ3v) is 4.63. The number of urea groups is 1. The molecule has 1 saturated carbocycles. The normalized spacial score (nSPS) is 15.2. The molecule has 0 atom stereocenters. The highest BCUT2D eigenvalue weighted by Gasteiger charge is 2.39. The van der Waals surface area contributed by atoms with Crippen LogP contribution < -0.4 is 10.6 Å². The van der Waals surface area contributed by atoms with Gasteiger partial charge in [-0.25, -0.2) is 14.5 Å². The van der Waals surface area contributed by atoms with Crippen molar-refractivity contribution < 1.29 is 4.79 Å². The molecule has 4 rings (SSSR count). The maximum atomic E-state index is 12.4. The Labute approximate surface area is 145 Å². The first kappa shape index (κ1) is 15.4. The smallest absolute Gasteiger partial charge is 0.319 e. The summed E-state index contributed by atoms with van der Waals surface area (Å²) in [7, 11) is 0. The van der Waals surface area contributed by atoms with Gasteiger partial charge < -0.3 is 10.6 Å². The summed E-state index contributed by atoms with van der Waals surface area (Å²) >= 11 is 0. The molecule has 0 spiro atoms. The molecule has 2 heterocycles. The number of amides is 2. The predicted octanol–water partition coefficient (Wildman–Crippen LogP) is 3.47. The zero-order valence-electron chi connectivity index (χ0n) is 13.7. The maximum absolute atomic E-state index is 12.4. The zero-order valence-corrected chi connectivity index (χ0v) is 13.7. The molecule has 2 amide bonds. The van der Waals surface area contributed by atoms with Gasteiger partial charge in [-0.2, -0.15) is 5.10 Å². The highest BCUT2D eigenvalue weighted by Crippen LogP contribution is 2.41. The number of nitrogens with one attached hydrogen (secondary N) is 2. The van der Waals surface area contributed by atoms with Crippen LogP contribution in [0.1, 0.15) is 24.8 Å². The number of hydrogen-bond donors (Lipinski definition) is 2. The van der Waals surface area contributed by atoms with E-state index in [1.807, 2.05) is 42.6 Å². The number of rotatable bonds is 4. The summed E-state index contributed by atoms with van der Waals surface area (Å²) in [5.41, 5.74) is 1.55. The van der Waals surface area contributed by atoms with Crippen molar-refractivity contribution in [3.63, 3.8) is 0 Å². The Morgan fingerprint density at radius 1 is 1.08 bits per heavy atom. The van der Waals surface area contributed by atoms with E-state index in [1.54, 1.807) is 17.1 Å². The van der Waals surface area contributed by atoms with Crippen LogP contribution in [0.5, 0.6) is 0 Å². The van der Waals surface area contributed by atoms with Gasteiger partial charge in [0, 0.05) is 12.4 Å². The van der Waals surface area contributed by atoms with Crippen molar-refractivity contribution in [2.75, 3.05) is 5.32 Å². The number of hydrogen-bond acceptors (Lipinski definition) is 3. The maximum Gasteiger partial charge on any atom is 0.319 e. The molecule has 1 fully saturated rings. The monoisotopic (exact) mass is 333 g/mol. The zero-order chi connectivity index (χ0) is 17.1. The van der Waals surface area contributed by atoms with Gasteiger partial charge in [0.2, 0.25) is 0 Å². The largest absolute Gasteiger partial charge is 0.328 e. The predicted molar refractivity (Wildman–Crippen MR) is 95.5 cm³/mol. The number of carbonyl (C=O) groups is 1. The molecule has 6 nitrogen and oxygen atoms in total. The first-order chi connectivity index (χ1) is 12.3. The average molecular weight is 333 g/mol. The van der Waals surface area contributed by atoms with E-state index in [9.17, 15) is 4.79 Å². The Morgan fingerprint density at radius 3 is 2.52 bits per heavy atom. The number of nitrogens with zero attached hydrogens (tertiary/aromatic N) is 3. The molecule has 1 aliphatic carbocycles. The van der Waals surface area contributed by atoms with E-state index in [0.717, 1.165) is 24.8 Å². The molecular weight excluding hydrogens is 314 g/mol. The molecule has 0 aliphatic heterocycles. The number of pyridine rings is 1. The molecule has 2 aromatic heterocycles. The van der Waals surface area contributed by atoms with Crippen LogP contribution in [-0.2, 0) is 5.54 Å². The highest BCUT2D eigenvalue weighted by molar-refractivity contribution is 5.89. The molecular formula is C19H19N5O. The molecule has 6 heteroatoms. The second-order valence-corrected chi connectivity index (χ2v) is 6.24. The van der Waals surface area contributed by atoms with Crippen molar-refractivity contribution in [2.24, 2.45) is 0 Å². The van der Waals surface area contributed by atoms with Crippen LogP contribution in [0.2, 0.25) is 0 Å². The third-order valence-electron chi connectivity index (χ3n) is 4.63. The van der Waals surface area contributed by atoms with E-state index in [-0.39, 0.29) is 11.6 Å². The summed E-state index contributed by atoms with van der Waals surface area (Å²) in [6, 6.07) is 15.4. The van der Waals surface area contributed by atoms with Crippen molar-refractivity contribution in [2.45, 2.75) is 24.8 Å². The minimum Gasteiger partial charge on any atom is -0.328 e. The molecule has 25 heavy (non-hydrogen) atoms. The van der Waals surface area contributed by atoms with Crippen molar-refractivity contribution >= 4 is 11.7 Å². The van der Waals surface area contributed by atoms with Crippen LogP contribution >= 0.6 is 0 Å².